The summed E-state index contributed by atoms with van der Waals surface area (Å²) in [5.41, 5.74) is -0.554. The molecule has 0 aliphatic heterocycles. The number of aliphatic carboxylic acids is 2. The monoisotopic (exact) mass is 287 g/mol. The van der Waals surface area contributed by atoms with E-state index in [1.165, 1.54) is 6.92 Å². The smallest absolute Gasteiger partial charge is 0.326 e. The molecule has 6 nitrogen and oxygen atoms in total. The molecule has 108 valence electrons. The van der Waals surface area contributed by atoms with Crippen LogP contribution >= 0.6 is 0 Å². The molecule has 0 radical (unpaired) electrons. The van der Waals surface area contributed by atoms with Crippen LogP contribution in [0.2, 0.25) is 0 Å². The highest BCUT2D eigenvalue weighted by Crippen LogP contribution is 2.14. The first-order valence-corrected chi connectivity index (χ1v) is 5.43. The van der Waals surface area contributed by atoms with Gasteiger partial charge in [-0.1, -0.05) is 0 Å². The third kappa shape index (κ3) is 3.74. The van der Waals surface area contributed by atoms with Gasteiger partial charge in [0.25, 0.3) is 5.91 Å². The second-order valence-electron chi connectivity index (χ2n) is 4.04. The van der Waals surface area contributed by atoms with Crippen LogP contribution in [-0.4, -0.2) is 34.1 Å². The number of benzene rings is 1. The Morgan fingerprint density at radius 1 is 1.20 bits per heavy atom. The minimum atomic E-state index is -1.70. The van der Waals surface area contributed by atoms with E-state index in [1.807, 2.05) is 5.32 Å². The average Bonchev–Trinajstić information content (AvgIpc) is 2.32. The molecule has 1 amide bonds. The van der Waals surface area contributed by atoms with Crippen molar-refractivity contribution in [3.8, 4) is 0 Å². The van der Waals surface area contributed by atoms with Gasteiger partial charge in [0, 0.05) is 6.07 Å². The second kappa shape index (κ2) is 6.09. The van der Waals surface area contributed by atoms with Crippen molar-refractivity contribution in [2.24, 2.45) is 0 Å². The first kappa shape index (κ1) is 15.5. The Kier molecular flexibility index (Phi) is 4.73. The maximum absolute atomic E-state index is 13.4. The summed E-state index contributed by atoms with van der Waals surface area (Å²) in [5, 5.41) is 19.1. The van der Waals surface area contributed by atoms with Crippen LogP contribution in [0.15, 0.2) is 12.1 Å². The van der Waals surface area contributed by atoms with E-state index >= 15 is 0 Å². The molecule has 1 rings (SSSR count). The number of rotatable bonds is 5. The van der Waals surface area contributed by atoms with Crippen LogP contribution < -0.4 is 5.32 Å². The van der Waals surface area contributed by atoms with Gasteiger partial charge in [-0.05, 0) is 18.6 Å². The maximum Gasteiger partial charge on any atom is 0.326 e. The summed E-state index contributed by atoms with van der Waals surface area (Å²) in [4.78, 5) is 32.9. The molecule has 0 saturated heterocycles. The molecule has 0 saturated carbocycles. The Hall–Kier alpha value is -2.51. The van der Waals surface area contributed by atoms with E-state index in [1.54, 1.807) is 0 Å². The van der Waals surface area contributed by atoms with Crippen LogP contribution in [0.25, 0.3) is 0 Å². The zero-order valence-corrected chi connectivity index (χ0v) is 10.3. The van der Waals surface area contributed by atoms with E-state index in [9.17, 15) is 23.2 Å². The lowest BCUT2D eigenvalue weighted by molar-refractivity contribution is -0.145. The SMILES string of the molecule is Cc1cc(C(=O)N[C@@H](CC(=O)O)C(=O)O)c(F)cc1F. The number of carboxylic acids is 2. The quantitative estimate of drug-likeness (QED) is 0.747. The van der Waals surface area contributed by atoms with Crippen molar-refractivity contribution in [2.75, 3.05) is 0 Å². The highest BCUT2D eigenvalue weighted by atomic mass is 19.1. The molecule has 0 heterocycles. The summed E-state index contributed by atoms with van der Waals surface area (Å²) in [6.45, 7) is 1.30. The molecule has 0 aliphatic rings. The summed E-state index contributed by atoms with van der Waals surface area (Å²) < 4.78 is 26.5. The van der Waals surface area contributed by atoms with Gasteiger partial charge in [-0.2, -0.15) is 0 Å². The van der Waals surface area contributed by atoms with E-state index < -0.39 is 47.5 Å². The normalized spacial score (nSPS) is 11.8. The van der Waals surface area contributed by atoms with Crippen LogP contribution in [0.5, 0.6) is 0 Å². The molecular formula is C12H11F2NO5. The average molecular weight is 287 g/mol. The Morgan fingerprint density at radius 2 is 1.80 bits per heavy atom. The Bertz CT molecular complexity index is 573. The Balaban J connectivity index is 2.97. The van der Waals surface area contributed by atoms with Crippen LogP contribution in [0, 0.1) is 18.6 Å². The molecular weight excluding hydrogens is 276 g/mol. The van der Waals surface area contributed by atoms with Crippen LogP contribution in [0.1, 0.15) is 22.3 Å². The predicted octanol–water partition coefficient (Wildman–Crippen LogP) is 0.931. The van der Waals surface area contributed by atoms with E-state index in [2.05, 4.69) is 0 Å². The van der Waals surface area contributed by atoms with Crippen molar-refractivity contribution >= 4 is 17.8 Å². The minimum absolute atomic E-state index is 0.00154. The maximum atomic E-state index is 13.4. The molecule has 0 spiro atoms. The molecule has 0 unspecified atom stereocenters. The van der Waals surface area contributed by atoms with Crippen molar-refractivity contribution in [1.82, 2.24) is 5.32 Å². The topological polar surface area (TPSA) is 104 Å². The summed E-state index contributed by atoms with van der Waals surface area (Å²) in [6, 6.07) is -0.290. The number of nitrogens with one attached hydrogen (secondary N) is 1. The second-order valence-corrected chi connectivity index (χ2v) is 4.04. The van der Waals surface area contributed by atoms with E-state index in [4.69, 9.17) is 10.2 Å². The number of amides is 1. The lowest BCUT2D eigenvalue weighted by Gasteiger charge is -2.13. The molecule has 3 N–H and O–H groups in total. The fourth-order valence-corrected chi connectivity index (χ4v) is 1.44. The number of halogens is 2. The van der Waals surface area contributed by atoms with Crippen molar-refractivity contribution in [3.05, 3.63) is 34.9 Å². The molecule has 0 aromatic heterocycles. The largest absolute Gasteiger partial charge is 0.481 e. The number of hydrogen-bond donors (Lipinski definition) is 3. The molecule has 0 aliphatic carbocycles. The minimum Gasteiger partial charge on any atom is -0.481 e. The summed E-state index contributed by atoms with van der Waals surface area (Å²) in [6.07, 6.45) is -0.858. The van der Waals surface area contributed by atoms with Crippen LogP contribution in [0.3, 0.4) is 0 Å². The first-order valence-electron chi connectivity index (χ1n) is 5.43. The highest BCUT2D eigenvalue weighted by molar-refractivity contribution is 5.97. The van der Waals surface area contributed by atoms with Gasteiger partial charge in [0.05, 0.1) is 12.0 Å². The molecule has 1 aromatic carbocycles. The number of carbonyl (C=O) groups excluding carboxylic acids is 1. The van der Waals surface area contributed by atoms with Crippen molar-refractivity contribution < 1.29 is 33.4 Å². The van der Waals surface area contributed by atoms with Crippen LogP contribution in [-0.2, 0) is 9.59 Å². The van der Waals surface area contributed by atoms with Gasteiger partial charge in [-0.15, -0.1) is 0 Å². The van der Waals surface area contributed by atoms with E-state index in [0.717, 1.165) is 6.07 Å². The Labute approximate surface area is 112 Å². The van der Waals surface area contributed by atoms with Gasteiger partial charge in [0.1, 0.15) is 17.7 Å². The standard InChI is InChI=1S/C12H11F2NO5/c1-5-2-6(8(14)3-7(5)13)11(18)15-9(12(19)20)4-10(16)17/h2-3,9H,4H2,1H3,(H,15,18)(H,16,17)(H,19,20)/t9-/m0/s1. The van der Waals surface area contributed by atoms with Gasteiger partial charge in [0.15, 0.2) is 0 Å². The zero-order valence-electron chi connectivity index (χ0n) is 10.3. The number of carboxylic acid groups (broad SMARTS) is 2. The number of aryl methyl sites for hydroxylation is 1. The number of hydrogen-bond acceptors (Lipinski definition) is 3. The molecule has 8 heteroatoms. The molecule has 0 bridgehead atoms. The molecule has 0 fully saturated rings. The van der Waals surface area contributed by atoms with Gasteiger partial charge >= 0.3 is 11.9 Å². The highest BCUT2D eigenvalue weighted by Gasteiger charge is 2.25. The zero-order chi connectivity index (χ0) is 15.4. The molecule has 1 aromatic rings. The van der Waals surface area contributed by atoms with Crippen LogP contribution in [0.4, 0.5) is 8.78 Å². The van der Waals surface area contributed by atoms with Gasteiger partial charge in [-0.25, -0.2) is 13.6 Å². The van der Waals surface area contributed by atoms with Gasteiger partial charge in [0.2, 0.25) is 0 Å². The fraction of sp³-hybridized carbons (Fsp3) is 0.250. The molecule has 1 atom stereocenters. The van der Waals surface area contributed by atoms with E-state index in [0.29, 0.717) is 6.07 Å². The number of carbonyl (C=O) groups is 3. The molecule has 20 heavy (non-hydrogen) atoms. The van der Waals surface area contributed by atoms with Crippen molar-refractivity contribution in [2.45, 2.75) is 19.4 Å². The van der Waals surface area contributed by atoms with Gasteiger partial charge in [-0.3, -0.25) is 9.59 Å². The third-order valence-corrected chi connectivity index (χ3v) is 2.48. The first-order chi connectivity index (χ1) is 9.22. The summed E-state index contributed by atoms with van der Waals surface area (Å²) >= 11 is 0. The van der Waals surface area contributed by atoms with Crippen molar-refractivity contribution in [1.29, 1.82) is 0 Å². The Morgan fingerprint density at radius 3 is 2.30 bits per heavy atom. The fourth-order valence-electron chi connectivity index (χ4n) is 1.44. The summed E-state index contributed by atoms with van der Waals surface area (Å²) in [5.74, 6) is -6.14. The van der Waals surface area contributed by atoms with Gasteiger partial charge < -0.3 is 15.5 Å². The lowest BCUT2D eigenvalue weighted by Crippen LogP contribution is -2.42. The summed E-state index contributed by atoms with van der Waals surface area (Å²) in [7, 11) is 0. The predicted molar refractivity (Wildman–Crippen MR) is 62.2 cm³/mol. The lowest BCUT2D eigenvalue weighted by atomic mass is 10.1. The van der Waals surface area contributed by atoms with Crippen molar-refractivity contribution in [3.63, 3.8) is 0 Å². The third-order valence-electron chi connectivity index (χ3n) is 2.48. The van der Waals surface area contributed by atoms with E-state index in [-0.39, 0.29) is 5.56 Å².